The number of pyridine rings is 1. The summed E-state index contributed by atoms with van der Waals surface area (Å²) in [6.07, 6.45) is 5.99. The number of ether oxygens (including phenoxy) is 1. The molecule has 74 heavy (non-hydrogen) atoms. The SMILES string of the molecule is Cc1ncsc1-c1ccc(CNC(=O)[C@@H]2C[C@@H](O)CN2C(=O)[C@@H](NC(=O)CCCCCCCCNC(=O)COc2cc(C(=O)Nc3nc(-c4ccccn4)cs3)cc(C(=O)N3CCN(C)CC3)c2)C(C)(C)C)cc1. The van der Waals surface area contributed by atoms with Crippen LogP contribution in [0.5, 0.6) is 5.75 Å². The van der Waals surface area contributed by atoms with Crippen LogP contribution in [0.4, 0.5) is 5.13 Å². The van der Waals surface area contributed by atoms with Crippen molar-refractivity contribution in [1.82, 2.24) is 45.6 Å². The van der Waals surface area contributed by atoms with Gasteiger partial charge in [0.05, 0.1) is 27.9 Å². The number of piperazine rings is 1. The van der Waals surface area contributed by atoms with E-state index in [0.29, 0.717) is 42.6 Å². The van der Waals surface area contributed by atoms with Crippen LogP contribution >= 0.6 is 22.7 Å². The van der Waals surface area contributed by atoms with Crippen LogP contribution in [-0.4, -0.2) is 141 Å². The highest BCUT2D eigenvalue weighted by Gasteiger charge is 2.44. The van der Waals surface area contributed by atoms with E-state index in [0.717, 1.165) is 66.9 Å². The molecule has 0 aliphatic carbocycles. The van der Waals surface area contributed by atoms with Gasteiger partial charge in [-0.2, -0.15) is 0 Å². The number of unbranched alkanes of at least 4 members (excludes halogenated alkanes) is 5. The van der Waals surface area contributed by atoms with Crippen molar-refractivity contribution in [2.75, 3.05) is 58.2 Å². The Bertz CT molecular complexity index is 2720. The Morgan fingerprint density at radius 3 is 2.27 bits per heavy atom. The number of benzene rings is 2. The number of hydrogen-bond acceptors (Lipinski definition) is 14. The summed E-state index contributed by atoms with van der Waals surface area (Å²) in [4.78, 5) is 100. The number of nitrogens with one attached hydrogen (secondary N) is 4. The summed E-state index contributed by atoms with van der Waals surface area (Å²) in [5, 5.41) is 24.4. The van der Waals surface area contributed by atoms with Gasteiger partial charge >= 0.3 is 0 Å². The highest BCUT2D eigenvalue weighted by Crippen LogP contribution is 2.30. The zero-order valence-electron chi connectivity index (χ0n) is 42.9. The van der Waals surface area contributed by atoms with Gasteiger partial charge in [-0.15, -0.1) is 22.7 Å². The fraction of sp³-hybridized carbons (Fsp3) is 0.463. The van der Waals surface area contributed by atoms with E-state index in [1.165, 1.54) is 28.4 Å². The minimum Gasteiger partial charge on any atom is -0.484 e. The van der Waals surface area contributed by atoms with Crippen molar-refractivity contribution in [2.45, 2.75) is 104 Å². The van der Waals surface area contributed by atoms with E-state index in [4.69, 9.17) is 4.74 Å². The second-order valence-corrected chi connectivity index (χ2v) is 21.7. The van der Waals surface area contributed by atoms with E-state index >= 15 is 0 Å². The summed E-state index contributed by atoms with van der Waals surface area (Å²) in [5.41, 5.74) is 5.83. The summed E-state index contributed by atoms with van der Waals surface area (Å²) in [6, 6.07) is 16.2. The molecule has 2 aliphatic rings. The zero-order chi connectivity index (χ0) is 52.8. The topological polar surface area (TPSA) is 228 Å². The van der Waals surface area contributed by atoms with Gasteiger partial charge in [-0.05, 0) is 73.7 Å². The molecular weight excluding hydrogens is 981 g/mol. The molecule has 0 saturated carbocycles. The highest BCUT2D eigenvalue weighted by molar-refractivity contribution is 7.14. The molecule has 2 aromatic carbocycles. The maximum absolute atomic E-state index is 14.0. The molecule has 0 unspecified atom stereocenters. The fourth-order valence-electron chi connectivity index (χ4n) is 8.82. The van der Waals surface area contributed by atoms with Crippen molar-refractivity contribution in [3.8, 4) is 27.6 Å². The molecular formula is C54H68N10O8S2. The fourth-order valence-corrected chi connectivity index (χ4v) is 10.3. The minimum atomic E-state index is -0.897. The monoisotopic (exact) mass is 1050 g/mol. The van der Waals surface area contributed by atoms with E-state index in [1.807, 2.05) is 82.7 Å². The number of thiazole rings is 2. The third-order valence-electron chi connectivity index (χ3n) is 13.1. The molecule has 2 fully saturated rings. The Morgan fingerprint density at radius 1 is 0.838 bits per heavy atom. The molecule has 0 bridgehead atoms. The second kappa shape index (κ2) is 26.0. The van der Waals surface area contributed by atoms with Crippen LogP contribution in [0.1, 0.15) is 104 Å². The van der Waals surface area contributed by atoms with Gasteiger partial charge in [0.2, 0.25) is 17.7 Å². The number of likely N-dealkylation sites (N-methyl/N-ethyl adjacent to an activating group) is 1. The van der Waals surface area contributed by atoms with Crippen molar-refractivity contribution < 1.29 is 38.6 Å². The number of nitrogens with zero attached hydrogens (tertiary/aromatic N) is 6. The van der Waals surface area contributed by atoms with Crippen LogP contribution in [0.2, 0.25) is 0 Å². The average molecular weight is 1050 g/mol. The maximum Gasteiger partial charge on any atom is 0.257 e. The molecule has 2 aliphatic heterocycles. The van der Waals surface area contributed by atoms with Crippen LogP contribution in [0.15, 0.2) is 77.8 Å². The van der Waals surface area contributed by atoms with Gasteiger partial charge in [-0.3, -0.25) is 39.1 Å². The Morgan fingerprint density at radius 2 is 1.57 bits per heavy atom. The van der Waals surface area contributed by atoms with Gasteiger partial charge in [0.25, 0.3) is 17.7 Å². The van der Waals surface area contributed by atoms with Gasteiger partial charge < -0.3 is 40.5 Å². The number of aromatic nitrogens is 3. The summed E-state index contributed by atoms with van der Waals surface area (Å²) in [5.74, 6) is -1.84. The summed E-state index contributed by atoms with van der Waals surface area (Å²) < 4.78 is 5.87. The minimum absolute atomic E-state index is 0.00217. The average Bonchev–Trinajstić information content (AvgIpc) is 4.16. The lowest BCUT2D eigenvalue weighted by Gasteiger charge is -2.35. The van der Waals surface area contributed by atoms with Crippen LogP contribution in [0.3, 0.4) is 0 Å². The zero-order valence-corrected chi connectivity index (χ0v) is 44.5. The molecule has 18 nitrogen and oxygen atoms in total. The summed E-state index contributed by atoms with van der Waals surface area (Å²) >= 11 is 2.83. The number of aliphatic hydroxyl groups is 1. The third kappa shape index (κ3) is 15.5. The molecule has 0 radical (unpaired) electrons. The number of hydrogen-bond donors (Lipinski definition) is 5. The van der Waals surface area contributed by atoms with Crippen LogP contribution < -0.4 is 26.0 Å². The predicted octanol–water partition coefficient (Wildman–Crippen LogP) is 6.31. The first kappa shape index (κ1) is 55.1. The van der Waals surface area contributed by atoms with Crippen molar-refractivity contribution in [1.29, 1.82) is 0 Å². The number of anilines is 1. The van der Waals surface area contributed by atoms with E-state index in [-0.39, 0.29) is 73.0 Å². The lowest BCUT2D eigenvalue weighted by molar-refractivity contribution is -0.144. The number of aliphatic hydroxyl groups excluding tert-OH is 1. The van der Waals surface area contributed by atoms with Gasteiger partial charge in [0.1, 0.15) is 23.5 Å². The Hall–Kier alpha value is -6.61. The van der Waals surface area contributed by atoms with Gasteiger partial charge in [0.15, 0.2) is 11.7 Å². The molecule has 7 rings (SSSR count). The van der Waals surface area contributed by atoms with Crippen molar-refractivity contribution in [3.63, 3.8) is 0 Å². The summed E-state index contributed by atoms with van der Waals surface area (Å²) in [7, 11) is 2.00. The quantitative estimate of drug-likeness (QED) is 0.0481. The first-order valence-corrected chi connectivity index (χ1v) is 27.0. The Balaban J connectivity index is 0.807. The van der Waals surface area contributed by atoms with E-state index < -0.39 is 35.4 Å². The van der Waals surface area contributed by atoms with Gasteiger partial charge in [-0.25, -0.2) is 9.97 Å². The largest absolute Gasteiger partial charge is 0.484 e. The lowest BCUT2D eigenvalue weighted by Crippen LogP contribution is -2.57. The van der Waals surface area contributed by atoms with Crippen LogP contribution in [-0.2, 0) is 25.7 Å². The number of rotatable bonds is 22. The van der Waals surface area contributed by atoms with E-state index in [9.17, 15) is 33.9 Å². The normalized spacial score (nSPS) is 16.4. The number of β-amino-alcohol motifs (C(OH)–C–C–N with tert-alkyl or cyclic N) is 1. The van der Waals surface area contributed by atoms with E-state index in [2.05, 4.69) is 41.1 Å². The first-order valence-electron chi connectivity index (χ1n) is 25.3. The van der Waals surface area contributed by atoms with E-state index in [1.54, 1.807) is 33.9 Å². The Labute approximate surface area is 440 Å². The lowest BCUT2D eigenvalue weighted by atomic mass is 9.85. The number of likely N-dealkylation sites (tertiary alicyclic amines) is 1. The van der Waals surface area contributed by atoms with Crippen molar-refractivity contribution in [3.05, 3.63) is 100 Å². The van der Waals surface area contributed by atoms with Gasteiger partial charge in [0, 0.05) is 81.4 Å². The van der Waals surface area contributed by atoms with Crippen molar-refractivity contribution in [2.24, 2.45) is 5.41 Å². The molecule has 0 spiro atoms. The molecule has 5 N–H and O–H groups in total. The second-order valence-electron chi connectivity index (χ2n) is 20.0. The number of aryl methyl sites for hydroxylation is 1. The molecule has 3 atom stereocenters. The summed E-state index contributed by atoms with van der Waals surface area (Å²) in [6.45, 7) is 10.5. The molecule has 5 heterocycles. The molecule has 3 aromatic heterocycles. The maximum atomic E-state index is 14.0. The molecule has 5 aromatic rings. The third-order valence-corrected chi connectivity index (χ3v) is 14.8. The Kier molecular flexibility index (Phi) is 19.4. The molecule has 2 saturated heterocycles. The first-order chi connectivity index (χ1) is 35.5. The van der Waals surface area contributed by atoms with Crippen LogP contribution in [0, 0.1) is 12.3 Å². The van der Waals surface area contributed by atoms with Crippen LogP contribution in [0.25, 0.3) is 21.8 Å². The smallest absolute Gasteiger partial charge is 0.257 e. The predicted molar refractivity (Wildman–Crippen MR) is 286 cm³/mol. The number of amides is 6. The van der Waals surface area contributed by atoms with Gasteiger partial charge in [-0.1, -0.05) is 76.8 Å². The molecule has 20 heteroatoms. The highest BCUT2D eigenvalue weighted by atomic mass is 32.1. The van der Waals surface area contributed by atoms with Crippen molar-refractivity contribution >= 4 is 63.2 Å². The number of carbonyl (C=O) groups is 6. The molecule has 6 amide bonds. The standard InChI is InChI=1S/C54H68N10O8S2/c1-35-47(74-34-58-35)37-18-16-36(17-19-37)30-57-50(69)44-29-40(65)31-64(44)52(71)48(54(2,3)4)60-45(66)15-10-8-6-7-9-12-21-56-46(67)32-72-41-27-38(26-39(28-41)51(70)63-24-22-62(5)23-25-63)49(68)61-53-59-43(33-73-53)42-14-11-13-20-55-42/h11,13-14,16-20,26-28,33-34,40,44,48,65H,6-10,12,15,21-25,29-32H2,1-5H3,(H,56,67)(H,57,69)(H,60,66)(H,59,61,68)/t40-,44+,48-/m1/s1. The molecule has 394 valence electrons. The number of carbonyl (C=O) groups excluding carboxylic acids is 6.